The van der Waals surface area contributed by atoms with E-state index >= 15 is 0 Å². The first-order valence-electron chi connectivity index (χ1n) is 11.8. The first-order chi connectivity index (χ1) is 16.8. The van der Waals surface area contributed by atoms with E-state index in [1.807, 2.05) is 13.8 Å². The van der Waals surface area contributed by atoms with Crippen LogP contribution < -0.4 is 4.74 Å². The molecule has 0 spiro atoms. The molecule has 0 saturated carbocycles. The zero-order valence-corrected chi connectivity index (χ0v) is 22.4. The van der Waals surface area contributed by atoms with Gasteiger partial charge in [0.15, 0.2) is 9.84 Å². The van der Waals surface area contributed by atoms with E-state index in [0.29, 0.717) is 24.1 Å². The van der Waals surface area contributed by atoms with Gasteiger partial charge in [0.1, 0.15) is 23.7 Å². The van der Waals surface area contributed by atoms with Gasteiger partial charge in [-0.05, 0) is 68.2 Å². The summed E-state index contributed by atoms with van der Waals surface area (Å²) in [5.74, 6) is -0.131. The van der Waals surface area contributed by atoms with Gasteiger partial charge in [0, 0.05) is 18.8 Å². The molecule has 2 aromatic carbocycles. The monoisotopic (exact) mass is 518 g/mol. The topological polar surface area (TPSA) is 86.7 Å². The Kier molecular flexibility index (Phi) is 10.4. The lowest BCUT2D eigenvalue weighted by atomic mass is 10.0. The van der Waals surface area contributed by atoms with Gasteiger partial charge < -0.3 is 9.47 Å². The van der Waals surface area contributed by atoms with Crippen molar-refractivity contribution >= 4 is 21.6 Å². The van der Waals surface area contributed by atoms with Gasteiger partial charge in [-0.1, -0.05) is 38.1 Å². The van der Waals surface area contributed by atoms with Gasteiger partial charge in [-0.25, -0.2) is 12.8 Å². The number of halogens is 1. The van der Waals surface area contributed by atoms with Crippen molar-refractivity contribution in [2.75, 3.05) is 6.61 Å². The van der Waals surface area contributed by atoms with Gasteiger partial charge in [-0.3, -0.25) is 9.59 Å². The van der Waals surface area contributed by atoms with E-state index in [-0.39, 0.29) is 47.4 Å². The summed E-state index contributed by atoms with van der Waals surface area (Å²) >= 11 is 0. The molecule has 0 heterocycles. The van der Waals surface area contributed by atoms with Crippen LogP contribution >= 0.6 is 0 Å². The molecule has 0 aliphatic carbocycles. The van der Waals surface area contributed by atoms with Gasteiger partial charge in [-0.15, -0.1) is 0 Å². The van der Waals surface area contributed by atoms with E-state index in [1.54, 1.807) is 45.0 Å². The Hall–Kier alpha value is -3.00. The number of esters is 1. The highest BCUT2D eigenvalue weighted by Crippen LogP contribution is 2.22. The molecule has 0 radical (unpaired) electrons. The predicted molar refractivity (Wildman–Crippen MR) is 137 cm³/mol. The minimum Gasteiger partial charge on any atom is -0.489 e. The van der Waals surface area contributed by atoms with E-state index in [1.165, 1.54) is 24.3 Å². The third-order valence-electron chi connectivity index (χ3n) is 5.23. The Labute approximate surface area is 213 Å². The summed E-state index contributed by atoms with van der Waals surface area (Å²) in [6, 6.07) is 12.9. The van der Waals surface area contributed by atoms with Crippen molar-refractivity contribution in [1.29, 1.82) is 0 Å². The number of ether oxygens (including phenoxy) is 2. The molecule has 0 aliphatic rings. The lowest BCUT2D eigenvalue weighted by Gasteiger charge is -2.19. The number of carbonyl (C=O) groups is 2. The Morgan fingerprint density at radius 3 is 2.06 bits per heavy atom. The summed E-state index contributed by atoms with van der Waals surface area (Å²) < 4.78 is 49.6. The maximum atomic E-state index is 13.2. The molecular weight excluding hydrogens is 483 g/mol. The zero-order chi connectivity index (χ0) is 26.9. The average molecular weight is 519 g/mol. The van der Waals surface area contributed by atoms with Crippen LogP contribution in [0.15, 0.2) is 65.3 Å². The Morgan fingerprint density at radius 1 is 0.944 bits per heavy atom. The molecule has 0 aliphatic heterocycles. The van der Waals surface area contributed by atoms with Crippen molar-refractivity contribution in [2.45, 2.75) is 70.1 Å². The average Bonchev–Trinajstić information content (AvgIpc) is 2.79. The van der Waals surface area contributed by atoms with E-state index in [4.69, 9.17) is 9.47 Å². The summed E-state index contributed by atoms with van der Waals surface area (Å²) in [6.07, 6.45) is 0.921. The molecule has 0 amide bonds. The third kappa shape index (κ3) is 9.93. The van der Waals surface area contributed by atoms with E-state index in [2.05, 4.69) is 0 Å². The Balaban J connectivity index is 1.92. The van der Waals surface area contributed by atoms with Crippen LogP contribution in [0.4, 0.5) is 4.39 Å². The number of Topliss-reactive ketones (excluding diaryl/α,β-unsaturated/α-hetero) is 1. The first kappa shape index (κ1) is 29.2. The number of benzene rings is 2. The van der Waals surface area contributed by atoms with Gasteiger partial charge in [0.2, 0.25) is 0 Å². The van der Waals surface area contributed by atoms with Crippen molar-refractivity contribution < 1.29 is 31.9 Å². The second-order valence-electron chi connectivity index (χ2n) is 9.99. The highest BCUT2D eigenvalue weighted by atomic mass is 32.2. The second kappa shape index (κ2) is 12.8. The summed E-state index contributed by atoms with van der Waals surface area (Å²) in [7, 11) is -3.59. The fraction of sp³-hybridized carbons (Fsp3) is 0.429. The quantitative estimate of drug-likeness (QED) is 0.331. The highest BCUT2D eigenvalue weighted by molar-refractivity contribution is 7.90. The highest BCUT2D eigenvalue weighted by Gasteiger charge is 2.18. The largest absolute Gasteiger partial charge is 0.489 e. The van der Waals surface area contributed by atoms with Crippen molar-refractivity contribution in [3.05, 3.63) is 71.6 Å². The van der Waals surface area contributed by atoms with Crippen LogP contribution in [0.1, 0.15) is 58.6 Å². The molecule has 0 fully saturated rings. The molecule has 0 unspecified atom stereocenters. The molecule has 2 aromatic rings. The van der Waals surface area contributed by atoms with Crippen LogP contribution in [0.2, 0.25) is 0 Å². The summed E-state index contributed by atoms with van der Waals surface area (Å²) in [5, 5.41) is 0. The van der Waals surface area contributed by atoms with Crippen LogP contribution in [-0.2, 0) is 36.3 Å². The van der Waals surface area contributed by atoms with E-state index in [0.717, 1.165) is 5.56 Å². The third-order valence-corrected chi connectivity index (χ3v) is 6.94. The SMILES string of the molecule is CC(C)C(=O)Cc1ccc(CS(=O)(=O)c2ccc(OC/C(=C/F)CCC(=O)OC(C)(C)C)cc2)cc1. The Morgan fingerprint density at radius 2 is 1.53 bits per heavy atom. The molecule has 0 atom stereocenters. The summed E-state index contributed by atoms with van der Waals surface area (Å²) in [5.41, 5.74) is 1.16. The van der Waals surface area contributed by atoms with Crippen LogP contribution in [0, 0.1) is 5.92 Å². The van der Waals surface area contributed by atoms with Gasteiger partial charge >= 0.3 is 5.97 Å². The lowest BCUT2D eigenvalue weighted by Crippen LogP contribution is -2.23. The van der Waals surface area contributed by atoms with E-state index in [9.17, 15) is 22.4 Å². The standard InChI is InChI=1S/C28H35FO6S/c1-20(2)26(30)16-21-6-8-22(9-7-21)19-36(32,33)25-13-11-24(12-14-25)34-18-23(17-29)10-15-27(31)35-28(3,4)5/h6-9,11-14,17,20H,10,15-16,18-19H2,1-5H3/b23-17+. The van der Waals surface area contributed by atoms with Crippen LogP contribution in [-0.4, -0.2) is 32.4 Å². The van der Waals surface area contributed by atoms with Crippen molar-refractivity contribution in [3.63, 3.8) is 0 Å². The molecule has 0 aromatic heterocycles. The number of rotatable bonds is 12. The van der Waals surface area contributed by atoms with Crippen molar-refractivity contribution in [3.8, 4) is 5.75 Å². The molecular formula is C28H35FO6S. The number of hydrogen-bond acceptors (Lipinski definition) is 6. The predicted octanol–water partition coefficient (Wildman–Crippen LogP) is 5.78. The number of ketones is 1. The number of carbonyl (C=O) groups excluding carboxylic acids is 2. The molecule has 0 bridgehead atoms. The van der Waals surface area contributed by atoms with Gasteiger partial charge in [0.25, 0.3) is 0 Å². The number of sulfone groups is 1. The van der Waals surface area contributed by atoms with E-state index < -0.39 is 21.4 Å². The van der Waals surface area contributed by atoms with Gasteiger partial charge in [0.05, 0.1) is 17.0 Å². The van der Waals surface area contributed by atoms with Crippen LogP contribution in [0.3, 0.4) is 0 Å². The summed E-state index contributed by atoms with van der Waals surface area (Å²) in [6.45, 7) is 8.91. The van der Waals surface area contributed by atoms with Crippen molar-refractivity contribution in [1.82, 2.24) is 0 Å². The van der Waals surface area contributed by atoms with Gasteiger partial charge in [-0.2, -0.15) is 0 Å². The lowest BCUT2D eigenvalue weighted by molar-refractivity contribution is -0.154. The van der Waals surface area contributed by atoms with Crippen LogP contribution in [0.25, 0.3) is 0 Å². The molecule has 2 rings (SSSR count). The Bertz CT molecular complexity index is 1160. The zero-order valence-electron chi connectivity index (χ0n) is 21.5. The molecule has 0 saturated heterocycles. The molecule has 6 nitrogen and oxygen atoms in total. The maximum absolute atomic E-state index is 13.2. The fourth-order valence-electron chi connectivity index (χ4n) is 3.19. The van der Waals surface area contributed by atoms with Crippen LogP contribution in [0.5, 0.6) is 5.75 Å². The second-order valence-corrected chi connectivity index (χ2v) is 12.0. The maximum Gasteiger partial charge on any atom is 0.306 e. The summed E-state index contributed by atoms with van der Waals surface area (Å²) in [4.78, 5) is 23.9. The minimum atomic E-state index is -3.59. The minimum absolute atomic E-state index is 0.0303. The van der Waals surface area contributed by atoms with Crippen molar-refractivity contribution in [2.24, 2.45) is 5.92 Å². The smallest absolute Gasteiger partial charge is 0.306 e. The molecule has 0 N–H and O–H groups in total. The molecule has 196 valence electrons. The number of hydrogen-bond donors (Lipinski definition) is 0. The fourth-order valence-corrected chi connectivity index (χ4v) is 4.54. The molecule has 8 heteroatoms. The first-order valence-corrected chi connectivity index (χ1v) is 13.5. The normalized spacial score (nSPS) is 12.5. The molecule has 36 heavy (non-hydrogen) atoms.